The lowest BCUT2D eigenvalue weighted by Crippen LogP contribution is -2.40. The Kier molecular flexibility index (Phi) is 11.1. The van der Waals surface area contributed by atoms with Gasteiger partial charge in [0.2, 0.25) is 0 Å². The highest BCUT2D eigenvalue weighted by atomic mass is 16.5. The first-order chi connectivity index (χ1) is 15.3. The predicted molar refractivity (Wildman–Crippen MR) is 132 cm³/mol. The molecule has 0 amide bonds. The van der Waals surface area contributed by atoms with E-state index in [-0.39, 0.29) is 23.7 Å². The first-order valence-corrected chi connectivity index (χ1v) is 11.9. The van der Waals surface area contributed by atoms with Crippen LogP contribution in [0.1, 0.15) is 59.4 Å². The second kappa shape index (κ2) is 13.5. The Morgan fingerprint density at radius 2 is 1.56 bits per heavy atom. The SMILES string of the molecule is CCCCO[C@@H](C)[C@H](Oc1ccccc1)[C@H](CCOC(C)(C)C)Cc1ccc(OC)cc1. The predicted octanol–water partition coefficient (Wildman–Crippen LogP) is 6.71. The van der Waals surface area contributed by atoms with Gasteiger partial charge in [0.15, 0.2) is 0 Å². The van der Waals surface area contributed by atoms with E-state index in [9.17, 15) is 0 Å². The molecule has 32 heavy (non-hydrogen) atoms. The maximum atomic E-state index is 6.56. The van der Waals surface area contributed by atoms with Crippen molar-refractivity contribution in [1.82, 2.24) is 0 Å². The average molecular weight is 443 g/mol. The molecular formula is C28H42O4. The standard InChI is InChI=1S/C28H42O4/c1-7-8-19-30-22(2)27(32-26-12-10-9-11-13-26)24(18-20-31-28(3,4)5)21-23-14-16-25(29-6)17-15-23/h9-17,22,24,27H,7-8,18-21H2,1-6H3/t22-,24+,27-/m0/s1. The van der Waals surface area contributed by atoms with Gasteiger partial charge in [-0.2, -0.15) is 0 Å². The quantitative estimate of drug-likeness (QED) is 0.305. The van der Waals surface area contributed by atoms with Crippen LogP contribution in [-0.2, 0) is 15.9 Å². The van der Waals surface area contributed by atoms with Crippen molar-refractivity contribution in [2.75, 3.05) is 20.3 Å². The van der Waals surface area contributed by atoms with Crippen LogP contribution in [0, 0.1) is 5.92 Å². The second-order valence-corrected chi connectivity index (χ2v) is 9.39. The molecule has 3 atom stereocenters. The Labute approximate surface area is 195 Å². The minimum absolute atomic E-state index is 0.0281. The van der Waals surface area contributed by atoms with Gasteiger partial charge in [-0.25, -0.2) is 0 Å². The molecule has 0 aliphatic rings. The summed E-state index contributed by atoms with van der Waals surface area (Å²) < 4.78 is 24.2. The molecule has 0 saturated carbocycles. The highest BCUT2D eigenvalue weighted by Gasteiger charge is 2.30. The second-order valence-electron chi connectivity index (χ2n) is 9.39. The van der Waals surface area contributed by atoms with Crippen LogP contribution < -0.4 is 9.47 Å². The summed E-state index contributed by atoms with van der Waals surface area (Å²) in [7, 11) is 1.70. The molecule has 0 saturated heterocycles. The molecule has 0 bridgehead atoms. The van der Waals surface area contributed by atoms with Crippen molar-refractivity contribution >= 4 is 0 Å². The van der Waals surface area contributed by atoms with Gasteiger partial charge in [0, 0.05) is 19.1 Å². The Balaban J connectivity index is 2.24. The van der Waals surface area contributed by atoms with Crippen molar-refractivity contribution in [2.24, 2.45) is 5.92 Å². The topological polar surface area (TPSA) is 36.9 Å². The van der Waals surface area contributed by atoms with Gasteiger partial charge in [-0.05, 0) is 76.8 Å². The highest BCUT2D eigenvalue weighted by molar-refractivity contribution is 5.28. The number of methoxy groups -OCH3 is 1. The van der Waals surface area contributed by atoms with Gasteiger partial charge < -0.3 is 18.9 Å². The third-order valence-electron chi connectivity index (χ3n) is 5.50. The molecule has 0 heterocycles. The van der Waals surface area contributed by atoms with Crippen LogP contribution in [0.15, 0.2) is 54.6 Å². The smallest absolute Gasteiger partial charge is 0.128 e. The summed E-state index contributed by atoms with van der Waals surface area (Å²) >= 11 is 0. The lowest BCUT2D eigenvalue weighted by Gasteiger charge is -2.33. The molecule has 0 aromatic heterocycles. The van der Waals surface area contributed by atoms with E-state index in [4.69, 9.17) is 18.9 Å². The Morgan fingerprint density at radius 1 is 0.875 bits per heavy atom. The Morgan fingerprint density at radius 3 is 2.16 bits per heavy atom. The van der Waals surface area contributed by atoms with Gasteiger partial charge in [-0.15, -0.1) is 0 Å². The van der Waals surface area contributed by atoms with Crippen LogP contribution >= 0.6 is 0 Å². The lowest BCUT2D eigenvalue weighted by atomic mass is 9.88. The monoisotopic (exact) mass is 442 g/mol. The minimum Gasteiger partial charge on any atom is -0.497 e. The molecule has 178 valence electrons. The molecule has 0 radical (unpaired) electrons. The van der Waals surface area contributed by atoms with Crippen molar-refractivity contribution in [3.8, 4) is 11.5 Å². The van der Waals surface area contributed by atoms with Crippen LogP contribution in [0.2, 0.25) is 0 Å². The van der Waals surface area contributed by atoms with Crippen molar-refractivity contribution in [2.45, 2.75) is 78.1 Å². The summed E-state index contributed by atoms with van der Waals surface area (Å²) in [6.07, 6.45) is 3.84. The minimum atomic E-state index is -0.163. The number of ether oxygens (including phenoxy) is 4. The number of unbranched alkanes of at least 4 members (excludes halogenated alkanes) is 1. The van der Waals surface area contributed by atoms with E-state index in [2.05, 4.69) is 46.8 Å². The van der Waals surface area contributed by atoms with Gasteiger partial charge in [-0.3, -0.25) is 0 Å². The normalized spacial score (nSPS) is 14.6. The zero-order valence-electron chi connectivity index (χ0n) is 20.8. The summed E-state index contributed by atoms with van der Waals surface area (Å²) in [4.78, 5) is 0. The fourth-order valence-corrected chi connectivity index (χ4v) is 3.70. The third kappa shape index (κ3) is 9.62. The first kappa shape index (κ1) is 26.2. The number of hydrogen-bond acceptors (Lipinski definition) is 4. The third-order valence-corrected chi connectivity index (χ3v) is 5.50. The zero-order valence-corrected chi connectivity index (χ0v) is 20.8. The van der Waals surface area contributed by atoms with Gasteiger partial charge in [-0.1, -0.05) is 43.7 Å². The molecule has 2 rings (SSSR count). The van der Waals surface area contributed by atoms with Crippen molar-refractivity contribution in [1.29, 1.82) is 0 Å². The Bertz CT molecular complexity index is 736. The molecule has 2 aromatic rings. The van der Waals surface area contributed by atoms with Gasteiger partial charge >= 0.3 is 0 Å². The van der Waals surface area contributed by atoms with Gasteiger partial charge in [0.25, 0.3) is 0 Å². The molecule has 0 aliphatic carbocycles. The van der Waals surface area contributed by atoms with Crippen LogP contribution in [0.3, 0.4) is 0 Å². The summed E-state index contributed by atoms with van der Waals surface area (Å²) in [5.74, 6) is 1.98. The maximum Gasteiger partial charge on any atom is 0.128 e. The summed E-state index contributed by atoms with van der Waals surface area (Å²) in [5, 5.41) is 0. The van der Waals surface area contributed by atoms with E-state index in [1.807, 2.05) is 42.5 Å². The maximum absolute atomic E-state index is 6.56. The van der Waals surface area contributed by atoms with Crippen LogP contribution in [0.5, 0.6) is 11.5 Å². The molecular weight excluding hydrogens is 400 g/mol. The van der Waals surface area contributed by atoms with E-state index in [0.717, 1.165) is 43.8 Å². The van der Waals surface area contributed by atoms with Crippen molar-refractivity contribution in [3.63, 3.8) is 0 Å². The fraction of sp³-hybridized carbons (Fsp3) is 0.571. The van der Waals surface area contributed by atoms with Crippen LogP contribution in [0.4, 0.5) is 0 Å². The van der Waals surface area contributed by atoms with Gasteiger partial charge in [0.05, 0.1) is 18.8 Å². The molecule has 0 aliphatic heterocycles. The Hall–Kier alpha value is -2.04. The van der Waals surface area contributed by atoms with Gasteiger partial charge in [0.1, 0.15) is 17.6 Å². The van der Waals surface area contributed by atoms with E-state index < -0.39 is 0 Å². The summed E-state index contributed by atoms with van der Waals surface area (Å²) in [6.45, 7) is 12.0. The summed E-state index contributed by atoms with van der Waals surface area (Å²) in [5.41, 5.74) is 1.10. The van der Waals surface area contributed by atoms with Crippen molar-refractivity contribution in [3.05, 3.63) is 60.2 Å². The first-order valence-electron chi connectivity index (χ1n) is 11.9. The van der Waals surface area contributed by atoms with E-state index >= 15 is 0 Å². The molecule has 0 fully saturated rings. The largest absolute Gasteiger partial charge is 0.497 e. The highest BCUT2D eigenvalue weighted by Crippen LogP contribution is 2.27. The molecule has 2 aromatic carbocycles. The summed E-state index contributed by atoms with van der Waals surface area (Å²) in [6, 6.07) is 18.4. The zero-order chi connectivity index (χ0) is 23.4. The van der Waals surface area contributed by atoms with E-state index in [1.165, 1.54) is 5.56 Å². The molecule has 0 spiro atoms. The van der Waals surface area contributed by atoms with E-state index in [1.54, 1.807) is 7.11 Å². The number of benzene rings is 2. The molecule has 4 heteroatoms. The van der Waals surface area contributed by atoms with Crippen LogP contribution in [-0.4, -0.2) is 38.1 Å². The average Bonchev–Trinajstić information content (AvgIpc) is 2.77. The molecule has 0 unspecified atom stereocenters. The molecule has 4 nitrogen and oxygen atoms in total. The van der Waals surface area contributed by atoms with Crippen molar-refractivity contribution < 1.29 is 18.9 Å². The number of hydrogen-bond donors (Lipinski definition) is 0. The number of para-hydroxylation sites is 1. The fourth-order valence-electron chi connectivity index (χ4n) is 3.70. The lowest BCUT2D eigenvalue weighted by molar-refractivity contribution is -0.0566. The number of rotatable bonds is 14. The van der Waals surface area contributed by atoms with E-state index in [0.29, 0.717) is 6.61 Å². The van der Waals surface area contributed by atoms with Crippen LogP contribution in [0.25, 0.3) is 0 Å². The molecule has 0 N–H and O–H groups in total.